The molecule has 0 aromatic heterocycles. The summed E-state index contributed by atoms with van der Waals surface area (Å²) in [6, 6.07) is 48.3. The molecule has 0 saturated heterocycles. The second kappa shape index (κ2) is 11.3. The first kappa shape index (κ1) is 28.7. The van der Waals surface area contributed by atoms with Crippen LogP contribution >= 0.6 is 0 Å². The lowest BCUT2D eigenvalue weighted by Crippen LogP contribution is -2.05. The van der Waals surface area contributed by atoms with Gasteiger partial charge < -0.3 is 0 Å². The third-order valence-electron chi connectivity index (χ3n) is 8.92. The summed E-state index contributed by atoms with van der Waals surface area (Å²) in [4.78, 5) is 0. The van der Waals surface area contributed by atoms with Crippen molar-refractivity contribution in [2.45, 2.75) is 6.18 Å². The highest BCUT2D eigenvalue weighted by molar-refractivity contribution is 6.33. The van der Waals surface area contributed by atoms with Crippen LogP contribution in [0.1, 0.15) is 5.56 Å². The number of hydrogen-bond donors (Lipinski definition) is 0. The van der Waals surface area contributed by atoms with E-state index in [0.29, 0.717) is 11.1 Å². The van der Waals surface area contributed by atoms with E-state index in [2.05, 4.69) is 24.3 Å². The van der Waals surface area contributed by atoms with E-state index in [0.717, 1.165) is 71.8 Å². The second-order valence-corrected chi connectivity index (χ2v) is 11.7. The van der Waals surface area contributed by atoms with Gasteiger partial charge in [-0.1, -0.05) is 133 Å². The Hall–Kier alpha value is -5.74. The number of halogens is 4. The van der Waals surface area contributed by atoms with Gasteiger partial charge in [-0.15, -0.1) is 0 Å². The van der Waals surface area contributed by atoms with Crippen LogP contribution in [0.2, 0.25) is 0 Å². The van der Waals surface area contributed by atoms with Crippen LogP contribution in [0.3, 0.4) is 0 Å². The molecule has 47 heavy (non-hydrogen) atoms. The minimum absolute atomic E-state index is 0.346. The molecule has 0 unspecified atom stereocenters. The van der Waals surface area contributed by atoms with Gasteiger partial charge in [0.05, 0.1) is 5.56 Å². The van der Waals surface area contributed by atoms with E-state index < -0.39 is 11.7 Å². The molecule has 0 heterocycles. The summed E-state index contributed by atoms with van der Waals surface area (Å²) in [5.74, 6) is -0.346. The Morgan fingerprint density at radius 1 is 0.340 bits per heavy atom. The lowest BCUT2D eigenvalue weighted by molar-refractivity contribution is -0.137. The standard InChI is InChI=1S/C43H26F4/c44-32-24-22-29(23-25-32)39-35-20-9-10-21-36(35)40(30-16-11-17-31(26-30)43(45,46)47)42-38(28-14-5-2-6-15-28)34-19-8-7-18-33(34)37(41(39)42)27-12-3-1-4-13-27/h1-26H. The van der Waals surface area contributed by atoms with Crippen molar-refractivity contribution in [3.8, 4) is 44.5 Å². The van der Waals surface area contributed by atoms with E-state index in [-0.39, 0.29) is 5.82 Å². The van der Waals surface area contributed by atoms with Gasteiger partial charge in [-0.25, -0.2) is 4.39 Å². The Morgan fingerprint density at radius 2 is 0.702 bits per heavy atom. The Bertz CT molecular complexity index is 2430. The fourth-order valence-corrected chi connectivity index (χ4v) is 7.00. The lowest BCUT2D eigenvalue weighted by atomic mass is 9.77. The number of rotatable bonds is 4. The maximum absolute atomic E-state index is 14.4. The zero-order chi connectivity index (χ0) is 32.1. The van der Waals surface area contributed by atoms with Crippen LogP contribution in [-0.4, -0.2) is 0 Å². The van der Waals surface area contributed by atoms with Crippen molar-refractivity contribution in [1.29, 1.82) is 0 Å². The van der Waals surface area contributed by atoms with E-state index in [1.165, 1.54) is 24.3 Å². The van der Waals surface area contributed by atoms with Crippen LogP contribution in [0, 0.1) is 5.82 Å². The average Bonchev–Trinajstić information content (AvgIpc) is 3.10. The molecule has 0 aliphatic heterocycles. The summed E-state index contributed by atoms with van der Waals surface area (Å²) in [6.07, 6.45) is -4.51. The van der Waals surface area contributed by atoms with E-state index in [1.54, 1.807) is 18.2 Å². The molecule has 0 N–H and O–H groups in total. The summed E-state index contributed by atoms with van der Waals surface area (Å²) < 4.78 is 57.1. The van der Waals surface area contributed by atoms with E-state index in [1.807, 2.05) is 84.9 Å². The van der Waals surface area contributed by atoms with Crippen molar-refractivity contribution in [2.75, 3.05) is 0 Å². The zero-order valence-corrected chi connectivity index (χ0v) is 25.0. The van der Waals surface area contributed by atoms with Crippen LogP contribution in [0.25, 0.3) is 76.8 Å². The summed E-state index contributed by atoms with van der Waals surface area (Å²) in [5.41, 5.74) is 6.01. The van der Waals surface area contributed by atoms with Crippen molar-refractivity contribution >= 4 is 32.3 Å². The molecule has 0 spiro atoms. The Balaban J connectivity index is 1.73. The fraction of sp³-hybridized carbons (Fsp3) is 0.0233. The molecule has 8 aromatic rings. The SMILES string of the molecule is Fc1ccc(-c2c3ccccc3c(-c3cccc(C(F)(F)F)c3)c3c(-c4ccccc4)c4ccccc4c(-c4ccccc4)c23)cc1. The molecule has 0 aliphatic carbocycles. The van der Waals surface area contributed by atoms with Crippen molar-refractivity contribution in [1.82, 2.24) is 0 Å². The largest absolute Gasteiger partial charge is 0.416 e. The monoisotopic (exact) mass is 618 g/mol. The summed E-state index contributed by atoms with van der Waals surface area (Å²) in [5, 5.41) is 5.41. The van der Waals surface area contributed by atoms with Crippen LogP contribution in [-0.2, 0) is 6.18 Å². The molecule has 0 atom stereocenters. The Morgan fingerprint density at radius 3 is 1.13 bits per heavy atom. The first-order chi connectivity index (χ1) is 22.9. The maximum Gasteiger partial charge on any atom is 0.416 e. The number of benzene rings is 8. The molecule has 0 saturated carbocycles. The van der Waals surface area contributed by atoms with E-state index in [4.69, 9.17) is 0 Å². The van der Waals surface area contributed by atoms with Gasteiger partial charge in [0.15, 0.2) is 0 Å². The Labute approximate surface area is 269 Å². The molecule has 0 fully saturated rings. The number of fused-ring (bicyclic) bond motifs is 3. The summed E-state index contributed by atoms with van der Waals surface area (Å²) in [7, 11) is 0. The molecule has 0 amide bonds. The molecule has 0 nitrogen and oxygen atoms in total. The molecular weight excluding hydrogens is 592 g/mol. The van der Waals surface area contributed by atoms with Gasteiger partial charge in [-0.05, 0) is 101 Å². The molecule has 4 heteroatoms. The average molecular weight is 619 g/mol. The van der Waals surface area contributed by atoms with Gasteiger partial charge in [0.1, 0.15) is 5.82 Å². The number of hydrogen-bond acceptors (Lipinski definition) is 0. The molecule has 0 aliphatic rings. The maximum atomic E-state index is 14.4. The highest BCUT2D eigenvalue weighted by Gasteiger charge is 2.31. The van der Waals surface area contributed by atoms with E-state index >= 15 is 0 Å². The summed E-state index contributed by atoms with van der Waals surface area (Å²) >= 11 is 0. The first-order valence-corrected chi connectivity index (χ1v) is 15.4. The van der Waals surface area contributed by atoms with Gasteiger partial charge in [0.25, 0.3) is 0 Å². The zero-order valence-electron chi connectivity index (χ0n) is 25.0. The van der Waals surface area contributed by atoms with Gasteiger partial charge >= 0.3 is 6.18 Å². The van der Waals surface area contributed by atoms with Crippen molar-refractivity contribution in [3.05, 3.63) is 169 Å². The van der Waals surface area contributed by atoms with E-state index in [9.17, 15) is 17.6 Å². The molecule has 8 aromatic carbocycles. The smallest absolute Gasteiger partial charge is 0.207 e. The third-order valence-corrected chi connectivity index (χ3v) is 8.92. The minimum Gasteiger partial charge on any atom is -0.207 e. The van der Waals surface area contributed by atoms with Gasteiger partial charge in [-0.2, -0.15) is 13.2 Å². The topological polar surface area (TPSA) is 0 Å². The summed E-state index contributed by atoms with van der Waals surface area (Å²) in [6.45, 7) is 0. The third kappa shape index (κ3) is 4.85. The molecule has 0 bridgehead atoms. The molecular formula is C43H26F4. The predicted molar refractivity (Wildman–Crippen MR) is 186 cm³/mol. The van der Waals surface area contributed by atoms with Crippen molar-refractivity contribution in [3.63, 3.8) is 0 Å². The fourth-order valence-electron chi connectivity index (χ4n) is 7.00. The molecule has 226 valence electrons. The van der Waals surface area contributed by atoms with Gasteiger partial charge in [0.2, 0.25) is 0 Å². The van der Waals surface area contributed by atoms with Crippen molar-refractivity contribution in [2.24, 2.45) is 0 Å². The highest BCUT2D eigenvalue weighted by Crippen LogP contribution is 2.53. The second-order valence-electron chi connectivity index (χ2n) is 11.7. The molecule has 8 rings (SSSR count). The van der Waals surface area contributed by atoms with Crippen LogP contribution in [0.5, 0.6) is 0 Å². The normalized spacial score (nSPS) is 11.8. The quantitative estimate of drug-likeness (QED) is 0.136. The van der Waals surface area contributed by atoms with Gasteiger partial charge in [-0.3, -0.25) is 0 Å². The highest BCUT2D eigenvalue weighted by atomic mass is 19.4. The van der Waals surface area contributed by atoms with Crippen molar-refractivity contribution < 1.29 is 17.6 Å². The minimum atomic E-state index is -4.51. The van der Waals surface area contributed by atoms with Crippen LogP contribution < -0.4 is 0 Å². The molecule has 0 radical (unpaired) electrons. The van der Waals surface area contributed by atoms with Crippen LogP contribution in [0.15, 0.2) is 158 Å². The predicted octanol–water partition coefficient (Wildman–Crippen LogP) is 13.0. The lowest BCUT2D eigenvalue weighted by Gasteiger charge is -2.25. The Kier molecular flexibility index (Phi) is 6.87. The van der Waals surface area contributed by atoms with Crippen LogP contribution in [0.4, 0.5) is 17.6 Å². The first-order valence-electron chi connectivity index (χ1n) is 15.4. The van der Waals surface area contributed by atoms with Gasteiger partial charge in [0, 0.05) is 0 Å². The number of alkyl halides is 3.